The van der Waals surface area contributed by atoms with Crippen LogP contribution in [0.4, 0.5) is 5.69 Å². The molecule has 0 fully saturated rings. The number of halogens is 1. The largest absolute Gasteiger partial charge is 0.495 e. The molecule has 0 saturated carbocycles. The molecule has 0 atom stereocenters. The van der Waals surface area contributed by atoms with Crippen molar-refractivity contribution in [1.82, 2.24) is 5.43 Å². The lowest BCUT2D eigenvalue weighted by Gasteiger charge is -2.09. The molecule has 8 heteroatoms. The number of nitrogens with one attached hydrogen (secondary N) is 2. The Bertz CT molecular complexity index is 1150. The summed E-state index contributed by atoms with van der Waals surface area (Å²) in [5.41, 5.74) is 5.42. The summed E-state index contributed by atoms with van der Waals surface area (Å²) >= 11 is 5.92. The molecule has 32 heavy (non-hydrogen) atoms. The molecule has 3 rings (SSSR count). The third-order valence-electron chi connectivity index (χ3n) is 4.51. The molecule has 0 saturated heterocycles. The second-order valence-corrected chi connectivity index (χ2v) is 7.22. The van der Waals surface area contributed by atoms with Gasteiger partial charge in [-0.1, -0.05) is 48.0 Å². The zero-order chi connectivity index (χ0) is 22.9. The summed E-state index contributed by atoms with van der Waals surface area (Å²) in [6.07, 6.45) is 1.42. The summed E-state index contributed by atoms with van der Waals surface area (Å²) in [6, 6.07) is 19.9. The molecule has 0 heterocycles. The number of carbonyl (C=O) groups excluding carboxylic acids is 2. The molecule has 0 unspecified atom stereocenters. The van der Waals surface area contributed by atoms with E-state index in [0.29, 0.717) is 28.7 Å². The Morgan fingerprint density at radius 3 is 2.62 bits per heavy atom. The Morgan fingerprint density at radius 1 is 1.03 bits per heavy atom. The number of methoxy groups -OCH3 is 1. The van der Waals surface area contributed by atoms with Crippen molar-refractivity contribution in [1.29, 1.82) is 0 Å². The third-order valence-corrected chi connectivity index (χ3v) is 4.74. The minimum atomic E-state index is -0.935. The van der Waals surface area contributed by atoms with Crippen molar-refractivity contribution in [2.24, 2.45) is 5.10 Å². The Balaban J connectivity index is 1.55. The number of anilines is 1. The van der Waals surface area contributed by atoms with Crippen molar-refractivity contribution in [2.75, 3.05) is 12.4 Å². The van der Waals surface area contributed by atoms with Gasteiger partial charge < -0.3 is 14.8 Å². The first-order chi connectivity index (χ1) is 15.5. The van der Waals surface area contributed by atoms with Gasteiger partial charge in [0.05, 0.1) is 19.0 Å². The van der Waals surface area contributed by atoms with Gasteiger partial charge in [0, 0.05) is 5.02 Å². The Hall–Kier alpha value is -3.84. The van der Waals surface area contributed by atoms with Crippen molar-refractivity contribution in [2.45, 2.75) is 13.5 Å². The number of ether oxygens (including phenoxy) is 2. The maximum Gasteiger partial charge on any atom is 0.329 e. The van der Waals surface area contributed by atoms with E-state index < -0.39 is 11.8 Å². The molecular weight excluding hydrogens is 430 g/mol. The Labute approximate surface area is 191 Å². The Morgan fingerprint density at radius 2 is 1.84 bits per heavy atom. The fraction of sp³-hybridized carbons (Fsp3) is 0.125. The highest BCUT2D eigenvalue weighted by molar-refractivity contribution is 6.40. The van der Waals surface area contributed by atoms with Gasteiger partial charge in [-0.05, 0) is 53.9 Å². The van der Waals surface area contributed by atoms with E-state index in [2.05, 4.69) is 15.8 Å². The minimum absolute atomic E-state index is 0.280. The molecule has 164 valence electrons. The van der Waals surface area contributed by atoms with Crippen LogP contribution in [0, 0.1) is 6.92 Å². The highest BCUT2D eigenvalue weighted by Gasteiger charge is 2.15. The molecule has 3 aromatic carbocycles. The zero-order valence-electron chi connectivity index (χ0n) is 17.6. The van der Waals surface area contributed by atoms with Crippen LogP contribution in [-0.4, -0.2) is 25.1 Å². The van der Waals surface area contributed by atoms with E-state index in [0.717, 1.165) is 11.1 Å². The molecule has 0 aromatic heterocycles. The van der Waals surface area contributed by atoms with E-state index in [1.54, 1.807) is 24.3 Å². The summed E-state index contributed by atoms with van der Waals surface area (Å²) in [5, 5.41) is 6.67. The van der Waals surface area contributed by atoms with Gasteiger partial charge >= 0.3 is 11.8 Å². The number of hydrogen-bond acceptors (Lipinski definition) is 5. The van der Waals surface area contributed by atoms with E-state index >= 15 is 0 Å². The van der Waals surface area contributed by atoms with Gasteiger partial charge in [-0.25, -0.2) is 5.43 Å². The van der Waals surface area contributed by atoms with Crippen molar-refractivity contribution in [3.05, 3.63) is 88.4 Å². The first-order valence-corrected chi connectivity index (χ1v) is 10.1. The average Bonchev–Trinajstić information content (AvgIpc) is 2.79. The third kappa shape index (κ3) is 6.33. The summed E-state index contributed by atoms with van der Waals surface area (Å²) in [6.45, 7) is 2.47. The fourth-order valence-corrected chi connectivity index (χ4v) is 2.96. The number of nitrogens with zero attached hydrogens (tertiary/aromatic N) is 1. The fourth-order valence-electron chi connectivity index (χ4n) is 2.79. The van der Waals surface area contributed by atoms with Crippen molar-refractivity contribution >= 4 is 35.3 Å². The topological polar surface area (TPSA) is 89.0 Å². The van der Waals surface area contributed by atoms with Gasteiger partial charge in [-0.2, -0.15) is 5.10 Å². The van der Waals surface area contributed by atoms with Gasteiger partial charge in [0.15, 0.2) is 0 Å². The monoisotopic (exact) mass is 451 g/mol. The quantitative estimate of drug-likeness (QED) is 0.318. The van der Waals surface area contributed by atoms with Crippen LogP contribution >= 0.6 is 11.6 Å². The first kappa shape index (κ1) is 22.8. The van der Waals surface area contributed by atoms with Crippen molar-refractivity contribution < 1.29 is 19.1 Å². The van der Waals surface area contributed by atoms with Crippen LogP contribution in [0.3, 0.4) is 0 Å². The van der Waals surface area contributed by atoms with Crippen LogP contribution in [0.2, 0.25) is 5.02 Å². The highest BCUT2D eigenvalue weighted by Crippen LogP contribution is 2.27. The van der Waals surface area contributed by atoms with Crippen LogP contribution < -0.4 is 20.2 Å². The number of hydrogen-bond donors (Lipinski definition) is 2. The molecule has 3 aromatic rings. The second kappa shape index (κ2) is 11.0. The lowest BCUT2D eigenvalue weighted by molar-refractivity contribution is -0.136. The van der Waals surface area contributed by atoms with E-state index in [9.17, 15) is 9.59 Å². The summed E-state index contributed by atoms with van der Waals surface area (Å²) < 4.78 is 11.0. The predicted molar refractivity (Wildman–Crippen MR) is 124 cm³/mol. The van der Waals surface area contributed by atoms with E-state index in [4.69, 9.17) is 21.1 Å². The van der Waals surface area contributed by atoms with Gasteiger partial charge in [0.1, 0.15) is 18.1 Å². The summed E-state index contributed by atoms with van der Waals surface area (Å²) in [4.78, 5) is 24.2. The molecule has 2 N–H and O–H groups in total. The van der Waals surface area contributed by atoms with Gasteiger partial charge in [-0.3, -0.25) is 9.59 Å². The molecule has 7 nitrogen and oxygen atoms in total. The second-order valence-electron chi connectivity index (χ2n) is 6.79. The number of hydrazone groups is 1. The van der Waals surface area contributed by atoms with E-state index in [1.807, 2.05) is 43.3 Å². The molecule has 0 aliphatic heterocycles. The molecule has 0 spiro atoms. The van der Waals surface area contributed by atoms with Gasteiger partial charge in [0.25, 0.3) is 0 Å². The number of carbonyl (C=O) groups is 2. The smallest absolute Gasteiger partial charge is 0.329 e. The van der Waals surface area contributed by atoms with E-state index in [1.165, 1.54) is 19.4 Å². The highest BCUT2D eigenvalue weighted by atomic mass is 35.5. The number of rotatable bonds is 7. The molecule has 0 bridgehead atoms. The maximum atomic E-state index is 12.1. The van der Waals surface area contributed by atoms with Crippen LogP contribution in [0.15, 0.2) is 71.8 Å². The standard InChI is InChI=1S/C24H22ClN3O4/c1-16-6-3-4-8-18(16)15-32-20-9-5-7-17(12-20)14-26-28-24(30)23(29)27-21-13-19(25)10-11-22(21)31-2/h3-14H,15H2,1-2H3,(H,27,29)(H,28,30)/b26-14+. The molecule has 0 aliphatic rings. The molecule has 2 amide bonds. The van der Waals surface area contributed by atoms with E-state index in [-0.39, 0.29) is 5.69 Å². The lowest BCUT2D eigenvalue weighted by Crippen LogP contribution is -2.32. The van der Waals surface area contributed by atoms with Gasteiger partial charge in [-0.15, -0.1) is 0 Å². The maximum absolute atomic E-state index is 12.1. The lowest BCUT2D eigenvalue weighted by atomic mass is 10.1. The number of benzene rings is 3. The van der Waals surface area contributed by atoms with Crippen molar-refractivity contribution in [3.8, 4) is 11.5 Å². The number of amides is 2. The first-order valence-electron chi connectivity index (χ1n) is 9.71. The minimum Gasteiger partial charge on any atom is -0.495 e. The zero-order valence-corrected chi connectivity index (χ0v) is 18.3. The molecule has 0 aliphatic carbocycles. The van der Waals surface area contributed by atoms with Crippen molar-refractivity contribution in [3.63, 3.8) is 0 Å². The van der Waals surface area contributed by atoms with Gasteiger partial charge in [0.2, 0.25) is 0 Å². The molecular formula is C24H22ClN3O4. The average molecular weight is 452 g/mol. The van der Waals surface area contributed by atoms with Crippen LogP contribution in [-0.2, 0) is 16.2 Å². The SMILES string of the molecule is COc1ccc(Cl)cc1NC(=O)C(=O)N/N=C/c1cccc(OCc2ccccc2C)c1. The number of aryl methyl sites for hydroxylation is 1. The normalized spacial score (nSPS) is 10.6. The van der Waals surface area contributed by atoms with Crippen LogP contribution in [0.25, 0.3) is 0 Å². The summed E-state index contributed by atoms with van der Waals surface area (Å²) in [7, 11) is 1.45. The predicted octanol–water partition coefficient (Wildman–Crippen LogP) is 4.32. The molecule has 0 radical (unpaired) electrons. The summed E-state index contributed by atoms with van der Waals surface area (Å²) in [5.74, 6) is -0.802. The van der Waals surface area contributed by atoms with Crippen LogP contribution in [0.1, 0.15) is 16.7 Å². The Kier molecular flexibility index (Phi) is 7.83. The van der Waals surface area contributed by atoms with Crippen LogP contribution in [0.5, 0.6) is 11.5 Å².